The molecule has 0 radical (unpaired) electrons. The molecule has 5 nitrogen and oxygen atoms in total. The maximum Gasteiger partial charge on any atom is 0.270 e. The Morgan fingerprint density at radius 1 is 1.00 bits per heavy atom. The van der Waals surface area contributed by atoms with Crippen LogP contribution in [-0.2, 0) is 9.59 Å². The van der Waals surface area contributed by atoms with Gasteiger partial charge in [-0.1, -0.05) is 48.5 Å². The number of hydrogen-bond donors (Lipinski definition) is 1. The number of anilines is 1. The number of rotatable bonds is 3. The van der Waals surface area contributed by atoms with E-state index in [-0.39, 0.29) is 10.7 Å². The fraction of sp³-hybridized carbons (Fsp3) is 0.0455. The first-order valence-electron chi connectivity index (χ1n) is 8.62. The van der Waals surface area contributed by atoms with Crippen LogP contribution >= 0.6 is 12.2 Å². The average Bonchev–Trinajstić information content (AvgIpc) is 2.71. The number of nitrogens with zero attached hydrogens (tertiary/aromatic N) is 1. The first-order valence-corrected chi connectivity index (χ1v) is 9.02. The number of fused-ring (bicyclic) bond motifs is 1. The summed E-state index contributed by atoms with van der Waals surface area (Å²) in [7, 11) is 1.56. The van der Waals surface area contributed by atoms with E-state index < -0.39 is 11.8 Å². The zero-order chi connectivity index (χ0) is 19.7. The van der Waals surface area contributed by atoms with Crippen LogP contribution in [-0.4, -0.2) is 24.0 Å². The van der Waals surface area contributed by atoms with Crippen LogP contribution in [0.15, 0.2) is 72.3 Å². The Labute approximate surface area is 167 Å². The lowest BCUT2D eigenvalue weighted by atomic mass is 10.0. The molecule has 0 saturated carbocycles. The predicted molar refractivity (Wildman–Crippen MR) is 113 cm³/mol. The third-order valence-corrected chi connectivity index (χ3v) is 4.80. The monoisotopic (exact) mass is 388 g/mol. The Kier molecular flexibility index (Phi) is 4.63. The van der Waals surface area contributed by atoms with Crippen molar-refractivity contribution in [3.8, 4) is 5.75 Å². The van der Waals surface area contributed by atoms with Crippen molar-refractivity contribution in [2.24, 2.45) is 0 Å². The summed E-state index contributed by atoms with van der Waals surface area (Å²) in [4.78, 5) is 27.1. The molecule has 0 atom stereocenters. The minimum Gasteiger partial charge on any atom is -0.497 e. The number of hydrogen-bond acceptors (Lipinski definition) is 4. The van der Waals surface area contributed by atoms with E-state index in [1.165, 1.54) is 4.90 Å². The molecule has 3 aromatic carbocycles. The minimum atomic E-state index is -0.519. The molecule has 1 heterocycles. The van der Waals surface area contributed by atoms with E-state index in [0.29, 0.717) is 17.0 Å². The molecular weight excluding hydrogens is 372 g/mol. The normalized spacial score (nSPS) is 15.8. The number of methoxy groups -OCH3 is 1. The molecular formula is C22H16N2O3S. The van der Waals surface area contributed by atoms with Gasteiger partial charge < -0.3 is 4.74 Å². The van der Waals surface area contributed by atoms with Gasteiger partial charge in [-0.2, -0.15) is 0 Å². The Hall–Kier alpha value is -3.51. The van der Waals surface area contributed by atoms with E-state index in [0.717, 1.165) is 10.8 Å². The van der Waals surface area contributed by atoms with Gasteiger partial charge in [-0.25, -0.2) is 0 Å². The van der Waals surface area contributed by atoms with Crippen LogP contribution in [0, 0.1) is 0 Å². The van der Waals surface area contributed by atoms with Crippen molar-refractivity contribution in [3.63, 3.8) is 0 Å². The largest absolute Gasteiger partial charge is 0.497 e. The summed E-state index contributed by atoms with van der Waals surface area (Å²) in [6.07, 6.45) is 1.54. The van der Waals surface area contributed by atoms with Gasteiger partial charge in [0.1, 0.15) is 11.3 Å². The summed E-state index contributed by atoms with van der Waals surface area (Å²) < 4.78 is 5.21. The first-order chi connectivity index (χ1) is 13.6. The fourth-order valence-corrected chi connectivity index (χ4v) is 3.45. The highest BCUT2D eigenvalue weighted by atomic mass is 32.1. The van der Waals surface area contributed by atoms with E-state index in [1.54, 1.807) is 37.5 Å². The number of carbonyl (C=O) groups excluding carboxylic acids is 2. The molecule has 1 aliphatic rings. The van der Waals surface area contributed by atoms with E-state index in [2.05, 4.69) is 5.32 Å². The van der Waals surface area contributed by atoms with Gasteiger partial charge in [0, 0.05) is 5.39 Å². The lowest BCUT2D eigenvalue weighted by molar-refractivity contribution is -0.122. The first kappa shape index (κ1) is 17.9. The van der Waals surface area contributed by atoms with Crippen molar-refractivity contribution in [1.82, 2.24) is 5.32 Å². The van der Waals surface area contributed by atoms with Crippen molar-refractivity contribution in [1.29, 1.82) is 0 Å². The molecule has 0 bridgehead atoms. The van der Waals surface area contributed by atoms with Gasteiger partial charge in [0.2, 0.25) is 0 Å². The molecule has 4 rings (SSSR count). The molecule has 0 aromatic heterocycles. The zero-order valence-electron chi connectivity index (χ0n) is 15.0. The van der Waals surface area contributed by atoms with E-state index >= 15 is 0 Å². The SMILES string of the molecule is COc1cccc(/C=C2\C(=O)NC(=S)N(c3cccc4ccccc34)C2=O)c1. The highest BCUT2D eigenvalue weighted by Gasteiger charge is 2.35. The summed E-state index contributed by atoms with van der Waals surface area (Å²) in [6, 6.07) is 20.5. The maximum absolute atomic E-state index is 13.2. The number of amides is 2. The molecule has 2 amide bonds. The predicted octanol–water partition coefficient (Wildman–Crippen LogP) is 3.68. The quantitative estimate of drug-likeness (QED) is 0.422. The third kappa shape index (κ3) is 3.14. The van der Waals surface area contributed by atoms with Crippen molar-refractivity contribution >= 4 is 51.7 Å². The number of ether oxygens (including phenoxy) is 1. The van der Waals surface area contributed by atoms with Crippen molar-refractivity contribution < 1.29 is 14.3 Å². The Balaban J connectivity index is 1.81. The van der Waals surface area contributed by atoms with E-state index in [4.69, 9.17) is 17.0 Å². The van der Waals surface area contributed by atoms with E-state index in [9.17, 15) is 9.59 Å². The number of nitrogens with one attached hydrogen (secondary N) is 1. The van der Waals surface area contributed by atoms with Crippen LogP contribution in [0.4, 0.5) is 5.69 Å². The third-order valence-electron chi connectivity index (χ3n) is 4.51. The molecule has 1 N–H and O–H groups in total. The van der Waals surface area contributed by atoms with E-state index in [1.807, 2.05) is 42.5 Å². The van der Waals surface area contributed by atoms with Crippen LogP contribution in [0.2, 0.25) is 0 Å². The fourth-order valence-electron chi connectivity index (χ4n) is 3.18. The molecule has 3 aromatic rings. The van der Waals surface area contributed by atoms with Crippen LogP contribution in [0.5, 0.6) is 5.75 Å². The van der Waals surface area contributed by atoms with Crippen LogP contribution in [0.1, 0.15) is 5.56 Å². The molecule has 138 valence electrons. The summed E-state index contributed by atoms with van der Waals surface area (Å²) >= 11 is 5.31. The Bertz CT molecular complexity index is 1150. The second kappa shape index (κ2) is 7.25. The minimum absolute atomic E-state index is 0.00906. The zero-order valence-corrected chi connectivity index (χ0v) is 15.8. The summed E-state index contributed by atoms with van der Waals surface area (Å²) in [6.45, 7) is 0. The second-order valence-electron chi connectivity index (χ2n) is 6.23. The summed E-state index contributed by atoms with van der Waals surface area (Å²) in [5, 5.41) is 4.53. The van der Waals surface area contributed by atoms with Crippen molar-refractivity contribution in [2.75, 3.05) is 12.0 Å². The molecule has 6 heteroatoms. The van der Waals surface area contributed by atoms with Gasteiger partial charge in [-0.05, 0) is 47.4 Å². The molecule has 0 unspecified atom stereocenters. The smallest absolute Gasteiger partial charge is 0.270 e. The highest BCUT2D eigenvalue weighted by Crippen LogP contribution is 2.30. The number of carbonyl (C=O) groups is 2. The van der Waals surface area contributed by atoms with Crippen LogP contribution in [0.25, 0.3) is 16.8 Å². The molecule has 1 aliphatic heterocycles. The molecule has 0 spiro atoms. The lowest BCUT2D eigenvalue weighted by Crippen LogP contribution is -2.54. The standard InChI is InChI=1S/C22H16N2O3S/c1-27-16-9-4-6-14(12-16)13-18-20(25)23-22(28)24(21(18)26)19-11-5-8-15-7-2-3-10-17(15)19/h2-13H,1H3,(H,23,25,28)/b18-13+. The highest BCUT2D eigenvalue weighted by molar-refractivity contribution is 7.80. The van der Waals surface area contributed by atoms with Crippen LogP contribution < -0.4 is 15.0 Å². The number of benzene rings is 3. The molecule has 0 aliphatic carbocycles. The lowest BCUT2D eigenvalue weighted by Gasteiger charge is -2.29. The second-order valence-corrected chi connectivity index (χ2v) is 6.62. The average molecular weight is 388 g/mol. The van der Waals surface area contributed by atoms with Gasteiger partial charge >= 0.3 is 0 Å². The van der Waals surface area contributed by atoms with Gasteiger partial charge in [0.05, 0.1) is 12.8 Å². The number of thiocarbonyl (C=S) groups is 1. The van der Waals surface area contributed by atoms with Crippen molar-refractivity contribution in [3.05, 3.63) is 77.9 Å². The van der Waals surface area contributed by atoms with Gasteiger partial charge in [-0.15, -0.1) is 0 Å². The van der Waals surface area contributed by atoms with Crippen LogP contribution in [0.3, 0.4) is 0 Å². The topological polar surface area (TPSA) is 58.6 Å². The molecule has 1 fully saturated rings. The Morgan fingerprint density at radius 3 is 2.57 bits per heavy atom. The summed E-state index contributed by atoms with van der Waals surface area (Å²) in [5.41, 5.74) is 1.32. The molecule has 1 saturated heterocycles. The van der Waals surface area contributed by atoms with Gasteiger partial charge in [0.15, 0.2) is 5.11 Å². The maximum atomic E-state index is 13.2. The van der Waals surface area contributed by atoms with Crippen molar-refractivity contribution in [2.45, 2.75) is 0 Å². The van der Waals surface area contributed by atoms with Gasteiger partial charge in [-0.3, -0.25) is 19.8 Å². The summed E-state index contributed by atoms with van der Waals surface area (Å²) in [5.74, 6) is -0.346. The molecule has 28 heavy (non-hydrogen) atoms. The Morgan fingerprint density at radius 2 is 1.75 bits per heavy atom. The van der Waals surface area contributed by atoms with Gasteiger partial charge in [0.25, 0.3) is 11.8 Å².